The second-order valence-electron chi connectivity index (χ2n) is 4.87. The Morgan fingerprint density at radius 3 is 3.00 bits per heavy atom. The molecule has 5 heteroatoms. The summed E-state index contributed by atoms with van der Waals surface area (Å²) < 4.78 is 7.08. The Hall–Kier alpha value is -2.04. The molecule has 1 fully saturated rings. The van der Waals surface area contributed by atoms with Crippen LogP contribution in [0.1, 0.15) is 41.6 Å². The van der Waals surface area contributed by atoms with Gasteiger partial charge in [-0.15, -0.1) is 0 Å². The van der Waals surface area contributed by atoms with Crippen LogP contribution in [0.15, 0.2) is 35.1 Å². The molecule has 1 saturated heterocycles. The van der Waals surface area contributed by atoms with E-state index in [9.17, 15) is 4.79 Å². The van der Waals surface area contributed by atoms with Crippen LogP contribution in [0, 0.1) is 0 Å². The summed E-state index contributed by atoms with van der Waals surface area (Å²) >= 11 is 0. The first-order chi connectivity index (χ1) is 9.27. The minimum absolute atomic E-state index is 0.0316. The first kappa shape index (κ1) is 12.0. The molecular formula is C14H17N3O2. The minimum Gasteiger partial charge on any atom is -0.459 e. The molecule has 0 saturated carbocycles. The van der Waals surface area contributed by atoms with Gasteiger partial charge in [0.05, 0.1) is 18.0 Å². The van der Waals surface area contributed by atoms with Crippen molar-refractivity contribution in [3.8, 4) is 0 Å². The van der Waals surface area contributed by atoms with Gasteiger partial charge in [0.1, 0.15) is 0 Å². The van der Waals surface area contributed by atoms with Gasteiger partial charge in [-0.05, 0) is 37.5 Å². The molecule has 1 aliphatic heterocycles. The number of rotatable bonds is 2. The maximum absolute atomic E-state index is 12.5. The van der Waals surface area contributed by atoms with Crippen LogP contribution in [0.25, 0.3) is 0 Å². The van der Waals surface area contributed by atoms with Gasteiger partial charge in [0, 0.05) is 19.8 Å². The number of furan rings is 1. The number of carbonyl (C=O) groups excluding carboxylic acids is 1. The van der Waals surface area contributed by atoms with Crippen LogP contribution in [0.4, 0.5) is 0 Å². The average Bonchev–Trinajstić information content (AvgIpc) is 3.09. The van der Waals surface area contributed by atoms with Crippen molar-refractivity contribution < 1.29 is 9.21 Å². The van der Waals surface area contributed by atoms with Gasteiger partial charge >= 0.3 is 0 Å². The lowest BCUT2D eigenvalue weighted by Gasteiger charge is -2.35. The molecule has 100 valence electrons. The van der Waals surface area contributed by atoms with E-state index in [1.807, 2.05) is 22.7 Å². The van der Waals surface area contributed by atoms with Crippen molar-refractivity contribution in [2.75, 3.05) is 6.54 Å². The number of likely N-dealkylation sites (tertiary alicyclic amines) is 1. The third-order valence-corrected chi connectivity index (χ3v) is 3.70. The second kappa shape index (κ2) is 4.91. The highest BCUT2D eigenvalue weighted by Crippen LogP contribution is 2.31. The van der Waals surface area contributed by atoms with Crippen molar-refractivity contribution in [3.63, 3.8) is 0 Å². The highest BCUT2D eigenvalue weighted by atomic mass is 16.3. The van der Waals surface area contributed by atoms with E-state index < -0.39 is 0 Å². The van der Waals surface area contributed by atoms with Gasteiger partial charge in [-0.25, -0.2) is 0 Å². The number of aromatic nitrogens is 2. The van der Waals surface area contributed by atoms with Crippen molar-refractivity contribution >= 4 is 5.91 Å². The molecule has 2 aromatic rings. The van der Waals surface area contributed by atoms with Crippen LogP contribution in [0.2, 0.25) is 0 Å². The van der Waals surface area contributed by atoms with E-state index in [0.717, 1.165) is 31.5 Å². The summed E-state index contributed by atoms with van der Waals surface area (Å²) in [6.45, 7) is 0.773. The molecule has 3 heterocycles. The highest BCUT2D eigenvalue weighted by Gasteiger charge is 2.31. The molecular weight excluding hydrogens is 242 g/mol. The van der Waals surface area contributed by atoms with E-state index in [-0.39, 0.29) is 11.9 Å². The zero-order chi connectivity index (χ0) is 13.2. The van der Waals surface area contributed by atoms with Crippen molar-refractivity contribution in [1.29, 1.82) is 0 Å². The topological polar surface area (TPSA) is 51.3 Å². The molecule has 1 unspecified atom stereocenters. The van der Waals surface area contributed by atoms with Crippen LogP contribution < -0.4 is 0 Å². The number of hydrogen-bond donors (Lipinski definition) is 0. The number of amides is 1. The predicted molar refractivity (Wildman–Crippen MR) is 69.5 cm³/mol. The van der Waals surface area contributed by atoms with Gasteiger partial charge in [0.15, 0.2) is 5.76 Å². The molecule has 5 nitrogen and oxygen atoms in total. The van der Waals surface area contributed by atoms with Gasteiger partial charge < -0.3 is 9.32 Å². The third kappa shape index (κ3) is 2.16. The zero-order valence-corrected chi connectivity index (χ0v) is 11.0. The Balaban J connectivity index is 1.90. The fourth-order valence-corrected chi connectivity index (χ4v) is 2.73. The smallest absolute Gasteiger partial charge is 0.290 e. The quantitative estimate of drug-likeness (QED) is 0.832. The Kier molecular flexibility index (Phi) is 3.11. The minimum atomic E-state index is -0.0316. The second-order valence-corrected chi connectivity index (χ2v) is 4.87. The summed E-state index contributed by atoms with van der Waals surface area (Å²) in [7, 11) is 1.92. The van der Waals surface area contributed by atoms with E-state index in [0.29, 0.717) is 5.76 Å². The summed E-state index contributed by atoms with van der Waals surface area (Å²) in [5.74, 6) is 0.380. The summed E-state index contributed by atoms with van der Waals surface area (Å²) in [4.78, 5) is 14.4. The molecule has 0 radical (unpaired) electrons. The fraction of sp³-hybridized carbons (Fsp3) is 0.429. The van der Waals surface area contributed by atoms with E-state index >= 15 is 0 Å². The normalized spacial score (nSPS) is 19.6. The largest absolute Gasteiger partial charge is 0.459 e. The molecule has 1 amide bonds. The van der Waals surface area contributed by atoms with E-state index in [4.69, 9.17) is 4.42 Å². The molecule has 2 aromatic heterocycles. The third-order valence-electron chi connectivity index (χ3n) is 3.70. The van der Waals surface area contributed by atoms with Crippen LogP contribution >= 0.6 is 0 Å². The lowest BCUT2D eigenvalue weighted by Crippen LogP contribution is -2.39. The van der Waals surface area contributed by atoms with Crippen molar-refractivity contribution in [2.45, 2.75) is 25.3 Å². The number of carbonyl (C=O) groups is 1. The maximum atomic E-state index is 12.5. The van der Waals surface area contributed by atoms with Crippen LogP contribution in [-0.4, -0.2) is 27.1 Å². The Morgan fingerprint density at radius 1 is 1.42 bits per heavy atom. The van der Waals surface area contributed by atoms with Crippen LogP contribution in [0.5, 0.6) is 0 Å². The van der Waals surface area contributed by atoms with Crippen molar-refractivity contribution in [2.24, 2.45) is 7.05 Å². The number of hydrogen-bond acceptors (Lipinski definition) is 3. The monoisotopic (exact) mass is 259 g/mol. The molecule has 19 heavy (non-hydrogen) atoms. The van der Waals surface area contributed by atoms with E-state index in [1.54, 1.807) is 18.3 Å². The Labute approximate surface area is 111 Å². The maximum Gasteiger partial charge on any atom is 0.290 e. The summed E-state index contributed by atoms with van der Waals surface area (Å²) in [5, 5.41) is 4.20. The first-order valence-electron chi connectivity index (χ1n) is 6.60. The zero-order valence-electron chi connectivity index (χ0n) is 11.0. The molecule has 3 rings (SSSR count). The van der Waals surface area contributed by atoms with Crippen LogP contribution in [0.3, 0.4) is 0 Å². The molecule has 0 bridgehead atoms. The van der Waals surface area contributed by atoms with Gasteiger partial charge in [-0.3, -0.25) is 9.48 Å². The lowest BCUT2D eigenvalue weighted by molar-refractivity contribution is 0.0568. The molecule has 0 aliphatic carbocycles. The predicted octanol–water partition coefficient (Wildman–Crippen LogP) is 2.38. The number of piperidine rings is 1. The molecule has 0 aromatic carbocycles. The van der Waals surface area contributed by atoms with Crippen molar-refractivity contribution in [3.05, 3.63) is 42.1 Å². The summed E-state index contributed by atoms with van der Waals surface area (Å²) in [6, 6.07) is 5.55. The molecule has 0 spiro atoms. The van der Waals surface area contributed by atoms with E-state index in [1.165, 1.54) is 6.26 Å². The van der Waals surface area contributed by atoms with Crippen molar-refractivity contribution in [1.82, 2.24) is 14.7 Å². The summed E-state index contributed by atoms with van der Waals surface area (Å²) in [5.41, 5.74) is 1.08. The number of aryl methyl sites for hydroxylation is 1. The Bertz CT molecular complexity index is 559. The fourth-order valence-electron chi connectivity index (χ4n) is 2.73. The highest BCUT2D eigenvalue weighted by molar-refractivity contribution is 5.91. The lowest BCUT2D eigenvalue weighted by atomic mass is 9.99. The first-order valence-corrected chi connectivity index (χ1v) is 6.60. The van der Waals surface area contributed by atoms with Gasteiger partial charge in [-0.2, -0.15) is 5.10 Å². The van der Waals surface area contributed by atoms with E-state index in [2.05, 4.69) is 5.10 Å². The molecule has 1 aliphatic rings. The molecule has 1 atom stereocenters. The SMILES string of the molecule is Cn1nccc1C1CCCCN1C(=O)c1ccco1. The summed E-state index contributed by atoms with van der Waals surface area (Å²) in [6.07, 6.45) is 6.47. The van der Waals surface area contributed by atoms with Gasteiger partial charge in [0.25, 0.3) is 5.91 Å². The average molecular weight is 259 g/mol. The van der Waals surface area contributed by atoms with Crippen LogP contribution in [-0.2, 0) is 7.05 Å². The van der Waals surface area contributed by atoms with Gasteiger partial charge in [0.2, 0.25) is 0 Å². The van der Waals surface area contributed by atoms with Gasteiger partial charge in [-0.1, -0.05) is 0 Å². The number of nitrogens with zero attached hydrogens (tertiary/aromatic N) is 3. The standard InChI is InChI=1S/C14H17N3O2/c1-16-11(7-8-15-16)12-5-2-3-9-17(12)14(18)13-6-4-10-19-13/h4,6-8,10,12H,2-3,5,9H2,1H3. The Morgan fingerprint density at radius 2 is 2.32 bits per heavy atom. The molecule has 0 N–H and O–H groups in total.